The number of nitro groups is 1. The largest absolute Gasteiger partial charge is 0.483 e. The first-order valence-electron chi connectivity index (χ1n) is 2.96. The van der Waals surface area contributed by atoms with Gasteiger partial charge in [-0.05, 0) is 6.07 Å². The molecular weight excluding hydrogens is 200 g/mol. The molecule has 0 saturated carbocycles. The lowest BCUT2D eigenvalue weighted by molar-refractivity contribution is -0.385. The molecule has 0 amide bonds. The lowest BCUT2D eigenvalue weighted by Gasteiger charge is -1.89. The fourth-order valence-electron chi connectivity index (χ4n) is 0.514. The van der Waals surface area contributed by atoms with Crippen LogP contribution in [0.2, 0.25) is 5.15 Å². The van der Waals surface area contributed by atoms with Crippen molar-refractivity contribution in [3.05, 3.63) is 33.6 Å². The number of hydrogen-bond acceptors (Lipinski definition) is 4. The average molecular weight is 205 g/mol. The summed E-state index contributed by atoms with van der Waals surface area (Å²) in [6.07, 6.45) is 1.40. The van der Waals surface area contributed by atoms with Gasteiger partial charge in [0.15, 0.2) is 0 Å². The number of rotatable bonds is 1. The van der Waals surface area contributed by atoms with E-state index in [0.717, 1.165) is 0 Å². The fourth-order valence-corrected chi connectivity index (χ4v) is 0.702. The maximum absolute atomic E-state index is 10.1. The molecule has 0 radical (unpaired) electrons. The molecular formula is C6H5ClN2O4. The zero-order valence-corrected chi connectivity index (χ0v) is 7.01. The van der Waals surface area contributed by atoms with E-state index in [1.165, 1.54) is 18.3 Å². The quantitative estimate of drug-likeness (QED) is 0.322. The summed E-state index contributed by atoms with van der Waals surface area (Å²) in [6, 6.07) is 2.76. The molecule has 13 heavy (non-hydrogen) atoms. The van der Waals surface area contributed by atoms with Gasteiger partial charge >= 0.3 is 5.69 Å². The fraction of sp³-hybridized carbons (Fsp3) is 0. The Hall–Kier alpha value is -1.69. The Morgan fingerprint density at radius 1 is 1.69 bits per heavy atom. The zero-order chi connectivity index (χ0) is 10.3. The van der Waals surface area contributed by atoms with Gasteiger partial charge in [0.1, 0.15) is 0 Å². The Balaban J connectivity index is 0.000000424. The molecule has 0 aromatic carbocycles. The lowest BCUT2D eigenvalue weighted by atomic mass is 10.4. The van der Waals surface area contributed by atoms with Crippen LogP contribution in [0, 0.1) is 10.1 Å². The molecule has 0 unspecified atom stereocenters. The van der Waals surface area contributed by atoms with Crippen LogP contribution in [0.1, 0.15) is 0 Å². The SMILES string of the molecule is O=CO.O=[N+]([O-])c1cccnc1Cl. The van der Waals surface area contributed by atoms with Gasteiger partial charge in [0.2, 0.25) is 5.15 Å². The highest BCUT2D eigenvalue weighted by Crippen LogP contribution is 2.19. The van der Waals surface area contributed by atoms with E-state index in [-0.39, 0.29) is 17.3 Å². The van der Waals surface area contributed by atoms with E-state index in [1.807, 2.05) is 0 Å². The van der Waals surface area contributed by atoms with Gasteiger partial charge in [-0.1, -0.05) is 11.6 Å². The molecule has 0 aliphatic rings. The summed E-state index contributed by atoms with van der Waals surface area (Å²) in [4.78, 5) is 21.4. The van der Waals surface area contributed by atoms with Crippen molar-refractivity contribution in [1.29, 1.82) is 0 Å². The molecule has 1 aromatic rings. The topological polar surface area (TPSA) is 93.3 Å². The van der Waals surface area contributed by atoms with Crippen molar-refractivity contribution in [1.82, 2.24) is 4.98 Å². The maximum atomic E-state index is 10.1. The van der Waals surface area contributed by atoms with Gasteiger partial charge in [-0.15, -0.1) is 0 Å². The summed E-state index contributed by atoms with van der Waals surface area (Å²) in [6.45, 7) is -0.250. The first kappa shape index (κ1) is 11.3. The van der Waals surface area contributed by atoms with Crippen LogP contribution in [-0.2, 0) is 4.79 Å². The normalized spacial score (nSPS) is 8.08. The van der Waals surface area contributed by atoms with Gasteiger partial charge in [-0.25, -0.2) is 4.98 Å². The molecule has 1 aromatic heterocycles. The summed E-state index contributed by atoms with van der Waals surface area (Å²) in [5, 5.41) is 16.9. The molecule has 0 aliphatic carbocycles. The maximum Gasteiger partial charge on any atom is 0.306 e. The van der Waals surface area contributed by atoms with Crippen LogP contribution in [0.5, 0.6) is 0 Å². The van der Waals surface area contributed by atoms with Gasteiger partial charge in [-0.3, -0.25) is 14.9 Å². The number of halogens is 1. The zero-order valence-electron chi connectivity index (χ0n) is 6.25. The van der Waals surface area contributed by atoms with Crippen molar-refractivity contribution in [2.45, 2.75) is 0 Å². The van der Waals surface area contributed by atoms with Crippen molar-refractivity contribution in [2.24, 2.45) is 0 Å². The molecule has 70 valence electrons. The van der Waals surface area contributed by atoms with E-state index >= 15 is 0 Å². The van der Waals surface area contributed by atoms with Crippen molar-refractivity contribution in [3.63, 3.8) is 0 Å². The minimum Gasteiger partial charge on any atom is -0.483 e. The molecule has 6 nitrogen and oxygen atoms in total. The molecule has 7 heteroatoms. The van der Waals surface area contributed by atoms with Crippen molar-refractivity contribution < 1.29 is 14.8 Å². The van der Waals surface area contributed by atoms with Gasteiger partial charge in [0.25, 0.3) is 6.47 Å². The van der Waals surface area contributed by atoms with E-state index in [1.54, 1.807) is 0 Å². The minimum atomic E-state index is -0.574. The predicted octanol–water partition coefficient (Wildman–Crippen LogP) is 1.34. The van der Waals surface area contributed by atoms with Crippen LogP contribution in [0.3, 0.4) is 0 Å². The van der Waals surface area contributed by atoms with Gasteiger partial charge in [-0.2, -0.15) is 0 Å². The Bertz CT molecular complexity index is 304. The van der Waals surface area contributed by atoms with Crippen molar-refractivity contribution in [2.75, 3.05) is 0 Å². The van der Waals surface area contributed by atoms with E-state index in [4.69, 9.17) is 21.5 Å². The van der Waals surface area contributed by atoms with E-state index in [0.29, 0.717) is 0 Å². The summed E-state index contributed by atoms with van der Waals surface area (Å²) in [7, 11) is 0. The molecule has 0 aliphatic heterocycles. The molecule has 0 atom stereocenters. The molecule has 0 spiro atoms. The Morgan fingerprint density at radius 3 is 2.54 bits per heavy atom. The standard InChI is InChI=1S/C5H3ClN2O2.CH2O2/c6-5-4(8(9)10)2-1-3-7-5;2-1-3/h1-3H;1H,(H,2,3). The molecule has 0 saturated heterocycles. The highest BCUT2D eigenvalue weighted by Gasteiger charge is 2.09. The third-order valence-electron chi connectivity index (χ3n) is 0.936. The Labute approximate surface area is 77.9 Å². The average Bonchev–Trinajstić information content (AvgIpc) is 2.06. The number of nitrogens with zero attached hydrogens (tertiary/aromatic N) is 2. The summed E-state index contributed by atoms with van der Waals surface area (Å²) >= 11 is 5.37. The number of pyridine rings is 1. The van der Waals surface area contributed by atoms with Crippen molar-refractivity contribution >= 4 is 23.8 Å². The summed E-state index contributed by atoms with van der Waals surface area (Å²) in [5.74, 6) is 0. The van der Waals surface area contributed by atoms with E-state index in [2.05, 4.69) is 4.98 Å². The third kappa shape index (κ3) is 4.02. The molecule has 0 bridgehead atoms. The number of carbonyl (C=O) groups is 1. The second-order valence-corrected chi connectivity index (χ2v) is 2.03. The van der Waals surface area contributed by atoms with Gasteiger partial charge in [0, 0.05) is 12.3 Å². The smallest absolute Gasteiger partial charge is 0.306 e. The minimum absolute atomic E-state index is 0.0764. The number of aromatic nitrogens is 1. The van der Waals surface area contributed by atoms with Gasteiger partial charge < -0.3 is 5.11 Å². The van der Waals surface area contributed by atoms with Gasteiger partial charge in [0.05, 0.1) is 4.92 Å². The highest BCUT2D eigenvalue weighted by molar-refractivity contribution is 6.31. The second kappa shape index (κ2) is 5.90. The summed E-state index contributed by atoms with van der Waals surface area (Å²) < 4.78 is 0. The monoisotopic (exact) mass is 204 g/mol. The molecule has 1 rings (SSSR count). The Kier molecular flexibility index (Phi) is 5.13. The summed E-state index contributed by atoms with van der Waals surface area (Å²) in [5.41, 5.74) is -0.163. The predicted molar refractivity (Wildman–Crippen MR) is 44.6 cm³/mol. The van der Waals surface area contributed by atoms with Crippen LogP contribution < -0.4 is 0 Å². The number of hydrogen-bond donors (Lipinski definition) is 1. The van der Waals surface area contributed by atoms with Crippen LogP contribution >= 0.6 is 11.6 Å². The second-order valence-electron chi connectivity index (χ2n) is 1.68. The van der Waals surface area contributed by atoms with Crippen LogP contribution in [-0.4, -0.2) is 21.5 Å². The van der Waals surface area contributed by atoms with E-state index < -0.39 is 4.92 Å². The van der Waals surface area contributed by atoms with Crippen LogP contribution in [0.4, 0.5) is 5.69 Å². The lowest BCUT2D eigenvalue weighted by Crippen LogP contribution is -1.89. The molecule has 0 fully saturated rings. The first-order chi connectivity index (χ1) is 6.13. The first-order valence-corrected chi connectivity index (χ1v) is 3.34. The third-order valence-corrected chi connectivity index (χ3v) is 1.23. The molecule has 1 heterocycles. The Morgan fingerprint density at radius 2 is 2.23 bits per heavy atom. The number of carboxylic acid groups (broad SMARTS) is 1. The molecule has 1 N–H and O–H groups in total. The van der Waals surface area contributed by atoms with Crippen LogP contribution in [0.25, 0.3) is 0 Å². The van der Waals surface area contributed by atoms with E-state index in [9.17, 15) is 10.1 Å². The van der Waals surface area contributed by atoms with Crippen LogP contribution in [0.15, 0.2) is 18.3 Å². The van der Waals surface area contributed by atoms with Crippen molar-refractivity contribution in [3.8, 4) is 0 Å². The highest BCUT2D eigenvalue weighted by atomic mass is 35.5.